The molecule has 166 valence electrons. The number of likely N-dealkylation sites (N-methyl/N-ethyl adjacent to an activating group) is 2. The van der Waals surface area contributed by atoms with E-state index in [2.05, 4.69) is 41.9 Å². The number of pyridine rings is 1. The second-order valence-corrected chi connectivity index (χ2v) is 9.08. The summed E-state index contributed by atoms with van der Waals surface area (Å²) in [5, 5.41) is 0. The third-order valence-corrected chi connectivity index (χ3v) is 6.78. The molecule has 0 aromatic carbocycles. The molecule has 1 unspecified atom stereocenters. The van der Waals surface area contributed by atoms with Crippen LogP contribution in [0, 0.1) is 0 Å². The van der Waals surface area contributed by atoms with Gasteiger partial charge in [-0.25, -0.2) is 9.97 Å². The first kappa shape index (κ1) is 21.7. The standard InChI is InChI=1S/C24H34N6O/c1-17(15-20-7-5-6-11-25-20)29(4)24-21-16-28(3)12-10-22(21)26-23(27-24)19-8-13-30(14-9-19)18(2)31/h5-7,11,17,19H,8-10,12-16H2,1-4H3. The van der Waals surface area contributed by atoms with Crippen LogP contribution in [0.25, 0.3) is 0 Å². The lowest BCUT2D eigenvalue weighted by atomic mass is 9.95. The van der Waals surface area contributed by atoms with Crippen LogP contribution in [0.3, 0.4) is 0 Å². The van der Waals surface area contributed by atoms with Gasteiger partial charge in [0.05, 0.1) is 5.69 Å². The van der Waals surface area contributed by atoms with Gasteiger partial charge in [-0.15, -0.1) is 0 Å². The van der Waals surface area contributed by atoms with E-state index in [1.165, 1.54) is 11.3 Å². The second kappa shape index (κ2) is 9.30. The van der Waals surface area contributed by atoms with Crippen molar-refractivity contribution in [3.05, 3.63) is 47.2 Å². The molecule has 7 nitrogen and oxygen atoms in total. The lowest BCUT2D eigenvalue weighted by Gasteiger charge is -2.35. The number of aromatic nitrogens is 3. The fourth-order valence-corrected chi connectivity index (χ4v) is 4.64. The molecule has 2 aromatic rings. The zero-order chi connectivity index (χ0) is 22.0. The number of carbonyl (C=O) groups excluding carboxylic acids is 1. The van der Waals surface area contributed by atoms with E-state index < -0.39 is 0 Å². The Morgan fingerprint density at radius 3 is 2.68 bits per heavy atom. The molecule has 0 saturated carbocycles. The Morgan fingerprint density at radius 1 is 1.23 bits per heavy atom. The first-order chi connectivity index (χ1) is 14.9. The molecule has 1 amide bonds. The summed E-state index contributed by atoms with van der Waals surface area (Å²) in [6.45, 7) is 7.39. The highest BCUT2D eigenvalue weighted by atomic mass is 16.2. The third-order valence-electron chi connectivity index (χ3n) is 6.78. The van der Waals surface area contributed by atoms with Crippen molar-refractivity contribution in [1.82, 2.24) is 24.8 Å². The Morgan fingerprint density at radius 2 is 2.00 bits per heavy atom. The fourth-order valence-electron chi connectivity index (χ4n) is 4.64. The van der Waals surface area contributed by atoms with Gasteiger partial charge < -0.3 is 14.7 Å². The maximum atomic E-state index is 11.7. The second-order valence-electron chi connectivity index (χ2n) is 9.08. The van der Waals surface area contributed by atoms with Gasteiger partial charge in [0, 0.05) is 82.4 Å². The molecule has 1 atom stereocenters. The van der Waals surface area contributed by atoms with Crippen molar-refractivity contribution in [3.8, 4) is 0 Å². The van der Waals surface area contributed by atoms with Crippen LogP contribution in [0.5, 0.6) is 0 Å². The zero-order valence-corrected chi connectivity index (χ0v) is 19.2. The zero-order valence-electron chi connectivity index (χ0n) is 19.2. The predicted molar refractivity (Wildman–Crippen MR) is 122 cm³/mol. The van der Waals surface area contributed by atoms with E-state index in [0.29, 0.717) is 5.92 Å². The van der Waals surface area contributed by atoms with Gasteiger partial charge in [0.2, 0.25) is 5.91 Å². The number of piperidine rings is 1. The van der Waals surface area contributed by atoms with E-state index >= 15 is 0 Å². The average Bonchev–Trinajstić information content (AvgIpc) is 2.78. The minimum atomic E-state index is 0.164. The van der Waals surface area contributed by atoms with Gasteiger partial charge in [-0.3, -0.25) is 9.78 Å². The topological polar surface area (TPSA) is 65.5 Å². The van der Waals surface area contributed by atoms with E-state index in [1.54, 1.807) is 6.92 Å². The summed E-state index contributed by atoms with van der Waals surface area (Å²) >= 11 is 0. The molecule has 31 heavy (non-hydrogen) atoms. The van der Waals surface area contributed by atoms with Gasteiger partial charge in [0.15, 0.2) is 0 Å². The normalized spacial score (nSPS) is 18.5. The van der Waals surface area contributed by atoms with Gasteiger partial charge in [-0.1, -0.05) is 6.07 Å². The minimum Gasteiger partial charge on any atom is -0.356 e. The molecule has 4 rings (SSSR count). The number of fused-ring (bicyclic) bond motifs is 1. The summed E-state index contributed by atoms with van der Waals surface area (Å²) in [5.41, 5.74) is 3.55. The number of nitrogens with zero attached hydrogens (tertiary/aromatic N) is 6. The lowest BCUT2D eigenvalue weighted by molar-refractivity contribution is -0.129. The molecule has 2 aliphatic heterocycles. The number of rotatable bonds is 5. The molecule has 0 radical (unpaired) electrons. The average molecular weight is 423 g/mol. The quantitative estimate of drug-likeness (QED) is 0.738. The van der Waals surface area contributed by atoms with Crippen molar-refractivity contribution in [2.45, 2.75) is 58.0 Å². The summed E-state index contributed by atoms with van der Waals surface area (Å²) in [6, 6.07) is 6.36. The molecule has 4 heterocycles. The smallest absolute Gasteiger partial charge is 0.219 e. The summed E-state index contributed by atoms with van der Waals surface area (Å²) < 4.78 is 0. The highest BCUT2D eigenvalue weighted by Gasteiger charge is 2.29. The monoisotopic (exact) mass is 422 g/mol. The number of hydrogen-bond acceptors (Lipinski definition) is 6. The number of amides is 1. The minimum absolute atomic E-state index is 0.164. The van der Waals surface area contributed by atoms with E-state index in [9.17, 15) is 4.79 Å². The van der Waals surface area contributed by atoms with Crippen LogP contribution in [-0.4, -0.2) is 70.4 Å². The van der Waals surface area contributed by atoms with E-state index in [0.717, 1.165) is 69.2 Å². The lowest BCUT2D eigenvalue weighted by Crippen LogP contribution is -2.38. The number of anilines is 1. The van der Waals surface area contributed by atoms with Crippen LogP contribution >= 0.6 is 0 Å². The van der Waals surface area contributed by atoms with Gasteiger partial charge >= 0.3 is 0 Å². The molecular formula is C24H34N6O. The van der Waals surface area contributed by atoms with Crippen molar-refractivity contribution in [3.63, 3.8) is 0 Å². The fraction of sp³-hybridized carbons (Fsp3) is 0.583. The van der Waals surface area contributed by atoms with Crippen molar-refractivity contribution in [2.24, 2.45) is 0 Å². The van der Waals surface area contributed by atoms with Gasteiger partial charge in [0.1, 0.15) is 11.6 Å². The van der Waals surface area contributed by atoms with E-state index in [-0.39, 0.29) is 11.9 Å². The number of likely N-dealkylation sites (tertiary alicyclic amines) is 1. The van der Waals surface area contributed by atoms with Crippen LogP contribution in [0.2, 0.25) is 0 Å². The Kier molecular flexibility index (Phi) is 6.51. The van der Waals surface area contributed by atoms with Crippen LogP contribution in [0.1, 0.15) is 55.4 Å². The van der Waals surface area contributed by atoms with E-state index in [1.807, 2.05) is 23.2 Å². The summed E-state index contributed by atoms with van der Waals surface area (Å²) in [6.07, 6.45) is 5.56. The van der Waals surface area contributed by atoms with Crippen molar-refractivity contribution >= 4 is 11.7 Å². The summed E-state index contributed by atoms with van der Waals surface area (Å²) in [4.78, 5) is 33.0. The Balaban J connectivity index is 1.61. The Bertz CT molecular complexity index is 910. The maximum absolute atomic E-state index is 11.7. The summed E-state index contributed by atoms with van der Waals surface area (Å²) in [5.74, 6) is 2.50. The number of hydrogen-bond donors (Lipinski definition) is 0. The van der Waals surface area contributed by atoms with Crippen LogP contribution in [0.4, 0.5) is 5.82 Å². The molecule has 7 heteroatoms. The molecule has 0 spiro atoms. The van der Waals surface area contributed by atoms with Crippen molar-refractivity contribution in [1.29, 1.82) is 0 Å². The molecular weight excluding hydrogens is 388 g/mol. The third kappa shape index (κ3) is 4.87. The van der Waals surface area contributed by atoms with Gasteiger partial charge in [-0.2, -0.15) is 0 Å². The predicted octanol–water partition coefficient (Wildman–Crippen LogP) is 2.65. The molecule has 0 bridgehead atoms. The van der Waals surface area contributed by atoms with Gasteiger partial charge in [0.25, 0.3) is 0 Å². The molecule has 1 saturated heterocycles. The Labute approximate surface area is 185 Å². The number of carbonyl (C=O) groups is 1. The highest BCUT2D eigenvalue weighted by molar-refractivity contribution is 5.73. The van der Waals surface area contributed by atoms with E-state index in [4.69, 9.17) is 9.97 Å². The van der Waals surface area contributed by atoms with Gasteiger partial charge in [-0.05, 0) is 38.9 Å². The molecule has 2 aliphatic rings. The van der Waals surface area contributed by atoms with Crippen molar-refractivity contribution < 1.29 is 4.79 Å². The largest absolute Gasteiger partial charge is 0.356 e. The Hall–Kier alpha value is -2.54. The highest BCUT2D eigenvalue weighted by Crippen LogP contribution is 2.32. The molecule has 2 aromatic heterocycles. The maximum Gasteiger partial charge on any atom is 0.219 e. The SMILES string of the molecule is CC(=O)N1CCC(c2nc3c(c(N(C)C(C)Cc4ccccn4)n2)CN(C)CC3)CC1. The first-order valence-electron chi connectivity index (χ1n) is 11.4. The first-order valence-corrected chi connectivity index (χ1v) is 11.4. The molecule has 0 aliphatic carbocycles. The molecule has 1 fully saturated rings. The van der Waals surface area contributed by atoms with Crippen LogP contribution < -0.4 is 4.90 Å². The molecule has 0 N–H and O–H groups in total. The van der Waals surface area contributed by atoms with Crippen LogP contribution in [0.15, 0.2) is 24.4 Å². The van der Waals surface area contributed by atoms with Crippen molar-refractivity contribution in [2.75, 3.05) is 38.6 Å². The van der Waals surface area contributed by atoms with Crippen LogP contribution in [-0.2, 0) is 24.2 Å². The summed E-state index contributed by atoms with van der Waals surface area (Å²) in [7, 11) is 4.31.